The molecule has 1 aliphatic rings. The third-order valence-corrected chi connectivity index (χ3v) is 3.99. The number of hydrogen-bond donors (Lipinski definition) is 2. The van der Waals surface area contributed by atoms with Crippen molar-refractivity contribution < 1.29 is 9.47 Å². The minimum atomic E-state index is -0.255. The van der Waals surface area contributed by atoms with Crippen molar-refractivity contribution in [3.63, 3.8) is 0 Å². The number of methoxy groups -OCH3 is 1. The first-order chi connectivity index (χ1) is 10.0. The van der Waals surface area contributed by atoms with Gasteiger partial charge < -0.3 is 20.1 Å². The molecule has 1 saturated heterocycles. The van der Waals surface area contributed by atoms with E-state index in [9.17, 15) is 0 Å². The second-order valence-corrected chi connectivity index (χ2v) is 5.85. The van der Waals surface area contributed by atoms with Gasteiger partial charge in [0.1, 0.15) is 23.1 Å². The normalized spacial score (nSPS) is 21.8. The van der Waals surface area contributed by atoms with Gasteiger partial charge in [0.05, 0.1) is 6.61 Å². The van der Waals surface area contributed by atoms with Gasteiger partial charge in [-0.3, -0.25) is 0 Å². The number of anilines is 2. The van der Waals surface area contributed by atoms with Gasteiger partial charge in [-0.05, 0) is 6.92 Å². The van der Waals surface area contributed by atoms with Gasteiger partial charge in [-0.15, -0.1) is 0 Å². The number of nitrogens with one attached hydrogen (secondary N) is 2. The smallest absolute Gasteiger partial charge is 0.135 e. The third-order valence-electron chi connectivity index (χ3n) is 3.99. The standard InChI is InChI=1S/C15H26N4O2/c1-10(2)12-18-13(16-4)11(3)14(19-12)17-8-15(20-5)6-7-21-9-15/h10H,6-9H2,1-5H3,(H2,16,17,18,19). The van der Waals surface area contributed by atoms with Gasteiger partial charge in [0.15, 0.2) is 0 Å². The Balaban J connectivity index is 2.20. The van der Waals surface area contributed by atoms with Crippen molar-refractivity contribution in [1.82, 2.24) is 9.97 Å². The molecule has 1 aliphatic heterocycles. The second-order valence-electron chi connectivity index (χ2n) is 5.85. The molecule has 1 atom stereocenters. The highest BCUT2D eigenvalue weighted by atomic mass is 16.5. The summed E-state index contributed by atoms with van der Waals surface area (Å²) in [5.41, 5.74) is 0.766. The molecule has 6 nitrogen and oxygen atoms in total. The van der Waals surface area contributed by atoms with Crippen molar-refractivity contribution in [2.45, 2.75) is 38.7 Å². The van der Waals surface area contributed by atoms with E-state index in [0.29, 0.717) is 13.2 Å². The van der Waals surface area contributed by atoms with Crippen molar-refractivity contribution in [3.8, 4) is 0 Å². The topological polar surface area (TPSA) is 68.3 Å². The molecule has 0 radical (unpaired) electrons. The monoisotopic (exact) mass is 294 g/mol. The minimum Gasteiger partial charge on any atom is -0.378 e. The average molecular weight is 294 g/mol. The number of hydrogen-bond acceptors (Lipinski definition) is 6. The van der Waals surface area contributed by atoms with Crippen LogP contribution < -0.4 is 10.6 Å². The molecule has 1 aromatic rings. The van der Waals surface area contributed by atoms with E-state index in [-0.39, 0.29) is 11.5 Å². The molecule has 0 spiro atoms. The first-order valence-electron chi connectivity index (χ1n) is 7.44. The van der Waals surface area contributed by atoms with Crippen LogP contribution in [-0.2, 0) is 9.47 Å². The Morgan fingerprint density at radius 3 is 2.57 bits per heavy atom. The van der Waals surface area contributed by atoms with Crippen LogP contribution in [0.2, 0.25) is 0 Å². The van der Waals surface area contributed by atoms with Crippen molar-refractivity contribution in [3.05, 3.63) is 11.4 Å². The first kappa shape index (κ1) is 16.0. The Labute approximate surface area is 126 Å². The lowest BCUT2D eigenvalue weighted by Crippen LogP contribution is -2.40. The average Bonchev–Trinajstić information content (AvgIpc) is 2.95. The van der Waals surface area contributed by atoms with Crippen molar-refractivity contribution in [1.29, 1.82) is 0 Å². The summed E-state index contributed by atoms with van der Waals surface area (Å²) in [4.78, 5) is 9.20. The van der Waals surface area contributed by atoms with Crippen LogP contribution in [0.1, 0.15) is 37.6 Å². The Kier molecular flexibility index (Phi) is 5.00. The summed E-state index contributed by atoms with van der Waals surface area (Å²) in [7, 11) is 3.62. The quantitative estimate of drug-likeness (QED) is 0.838. The van der Waals surface area contributed by atoms with Crippen molar-refractivity contribution in [2.75, 3.05) is 44.5 Å². The highest BCUT2D eigenvalue weighted by Crippen LogP contribution is 2.26. The van der Waals surface area contributed by atoms with E-state index in [1.807, 2.05) is 14.0 Å². The number of nitrogens with zero attached hydrogens (tertiary/aromatic N) is 2. The Hall–Kier alpha value is -1.40. The molecule has 0 saturated carbocycles. The van der Waals surface area contributed by atoms with Gasteiger partial charge in [-0.2, -0.15) is 0 Å². The maximum atomic E-state index is 5.65. The summed E-state index contributed by atoms with van der Waals surface area (Å²) in [5.74, 6) is 2.85. The minimum absolute atomic E-state index is 0.255. The van der Waals surface area contributed by atoms with Crippen LogP contribution in [-0.4, -0.2) is 49.5 Å². The van der Waals surface area contributed by atoms with Crippen LogP contribution in [0.15, 0.2) is 0 Å². The summed E-state index contributed by atoms with van der Waals surface area (Å²) in [6.45, 7) is 8.25. The van der Waals surface area contributed by atoms with Crippen LogP contribution in [0.3, 0.4) is 0 Å². The van der Waals surface area contributed by atoms with Crippen LogP contribution in [0.5, 0.6) is 0 Å². The summed E-state index contributed by atoms with van der Waals surface area (Å²) in [6, 6.07) is 0. The molecule has 1 fully saturated rings. The van der Waals surface area contributed by atoms with Gasteiger partial charge >= 0.3 is 0 Å². The summed E-state index contributed by atoms with van der Waals surface area (Å²) < 4.78 is 11.1. The van der Waals surface area contributed by atoms with Gasteiger partial charge in [0, 0.05) is 45.2 Å². The molecule has 2 rings (SSSR count). The zero-order chi connectivity index (χ0) is 15.5. The fourth-order valence-corrected chi connectivity index (χ4v) is 2.41. The summed E-state index contributed by atoms with van der Waals surface area (Å²) in [5, 5.41) is 6.56. The fourth-order valence-electron chi connectivity index (χ4n) is 2.41. The van der Waals surface area contributed by atoms with Crippen LogP contribution in [0.4, 0.5) is 11.6 Å². The molecule has 0 amide bonds. The van der Waals surface area contributed by atoms with E-state index < -0.39 is 0 Å². The lowest BCUT2D eigenvalue weighted by atomic mass is 10.0. The highest BCUT2D eigenvalue weighted by Gasteiger charge is 2.35. The fraction of sp³-hybridized carbons (Fsp3) is 0.733. The molecule has 21 heavy (non-hydrogen) atoms. The zero-order valence-corrected chi connectivity index (χ0v) is 13.6. The zero-order valence-electron chi connectivity index (χ0n) is 13.6. The molecule has 2 heterocycles. The van der Waals surface area contributed by atoms with Crippen LogP contribution in [0, 0.1) is 6.92 Å². The SMILES string of the molecule is CNc1nc(C(C)C)nc(NCC2(OC)CCOC2)c1C. The number of aromatic nitrogens is 2. The lowest BCUT2D eigenvalue weighted by molar-refractivity contribution is -0.00626. The molecular formula is C15H26N4O2. The van der Waals surface area contributed by atoms with Crippen LogP contribution in [0.25, 0.3) is 0 Å². The van der Waals surface area contributed by atoms with Gasteiger partial charge in [0.2, 0.25) is 0 Å². The summed E-state index contributed by atoms with van der Waals surface area (Å²) >= 11 is 0. The summed E-state index contributed by atoms with van der Waals surface area (Å²) in [6.07, 6.45) is 0.899. The maximum Gasteiger partial charge on any atom is 0.135 e. The third kappa shape index (κ3) is 3.44. The first-order valence-corrected chi connectivity index (χ1v) is 7.44. The molecule has 118 valence electrons. The van der Waals surface area contributed by atoms with E-state index in [4.69, 9.17) is 9.47 Å². The van der Waals surface area contributed by atoms with Crippen molar-refractivity contribution in [2.24, 2.45) is 0 Å². The van der Waals surface area contributed by atoms with Gasteiger partial charge in [-0.25, -0.2) is 9.97 Å². The molecule has 1 unspecified atom stereocenters. The molecule has 1 aromatic heterocycles. The van der Waals surface area contributed by atoms with Crippen molar-refractivity contribution >= 4 is 11.6 Å². The molecular weight excluding hydrogens is 268 g/mol. The van der Waals surface area contributed by atoms with E-state index >= 15 is 0 Å². The Bertz CT molecular complexity index is 485. The van der Waals surface area contributed by atoms with E-state index in [0.717, 1.165) is 36.1 Å². The maximum absolute atomic E-state index is 5.65. The highest BCUT2D eigenvalue weighted by molar-refractivity contribution is 5.57. The molecule has 6 heteroatoms. The molecule has 2 N–H and O–H groups in total. The molecule has 0 aliphatic carbocycles. The number of rotatable bonds is 6. The van der Waals surface area contributed by atoms with Gasteiger partial charge in [-0.1, -0.05) is 13.8 Å². The van der Waals surface area contributed by atoms with E-state index in [1.165, 1.54) is 0 Å². The predicted molar refractivity (Wildman–Crippen MR) is 84.1 cm³/mol. The van der Waals surface area contributed by atoms with Crippen LogP contribution >= 0.6 is 0 Å². The lowest BCUT2D eigenvalue weighted by Gasteiger charge is -2.27. The molecule has 0 aromatic carbocycles. The molecule has 0 bridgehead atoms. The van der Waals surface area contributed by atoms with E-state index in [1.54, 1.807) is 7.11 Å². The van der Waals surface area contributed by atoms with E-state index in [2.05, 4.69) is 34.4 Å². The number of ether oxygens (including phenoxy) is 2. The largest absolute Gasteiger partial charge is 0.378 e. The second kappa shape index (κ2) is 6.58. The Morgan fingerprint density at radius 2 is 2.05 bits per heavy atom. The Morgan fingerprint density at radius 1 is 1.33 bits per heavy atom. The van der Waals surface area contributed by atoms with Gasteiger partial charge in [0.25, 0.3) is 0 Å². The predicted octanol–water partition coefficient (Wildman–Crippen LogP) is 2.17.